The van der Waals surface area contributed by atoms with Crippen molar-refractivity contribution in [3.63, 3.8) is 0 Å². The maximum Gasteiger partial charge on any atom is 0.451 e. The van der Waals surface area contributed by atoms with Gasteiger partial charge in [-0.15, -0.1) is 0 Å². The van der Waals surface area contributed by atoms with E-state index >= 15 is 0 Å². The van der Waals surface area contributed by atoms with Crippen molar-refractivity contribution in [2.24, 2.45) is 35.0 Å². The Morgan fingerprint density at radius 3 is 1.16 bits per heavy atom. The fraction of sp³-hybridized carbons (Fsp3) is 0.938. The molecule has 0 aromatic heterocycles. The van der Waals surface area contributed by atoms with Crippen LogP contribution in [0.25, 0.3) is 0 Å². The molecule has 2 unspecified atom stereocenters. The molecule has 522 valence electrons. The van der Waals surface area contributed by atoms with Crippen molar-refractivity contribution in [3.05, 3.63) is 0 Å². The third-order valence-corrected chi connectivity index (χ3v) is 28.9. The Hall–Kier alpha value is -2.41. The molecule has 0 aromatic carbocycles. The van der Waals surface area contributed by atoms with Crippen molar-refractivity contribution in [3.8, 4) is 0 Å². The molecule has 18 N–H and O–H groups in total. The quantitative estimate of drug-likeness (QED) is 0.0324. The standard InChI is InChI=1S/C17H33BN4O7S.C16H31BN4O8S2.C15H29BN4O8S2/c19-17(16(23)24)12-21(10-13(17)4-3-6-18(25)26)30(27,28)22(14-8-20-9-14)11-15-5-1-2-7-29-15;18-16(15(22)23)11-20(10-12(16)2-1-5-17(24)25)31(28,29)21(14-8-19-9-14)13-3-6-30(26,27)7-4-13;17-15(14(21)22)10-19(8-11(15)2-1-4-16(23)24)30(27,28)20(13-6-18-7-13)12-3-5-29(25,26)9-12/h13-15,20,25-26H,1-12,19H2,(H,23,24);12-14,19,24-25H,1-11,18H2,(H,22,23);11-13,18,23-24H,1-10,17H2,(H,21,22)/t13-,15?,17-;12-,16-;11-,12?,15-/m000/s1. The molecule has 0 saturated carbocycles. The van der Waals surface area contributed by atoms with Gasteiger partial charge in [0.2, 0.25) is 0 Å². The van der Waals surface area contributed by atoms with Gasteiger partial charge in [0, 0.05) is 122 Å². The lowest BCUT2D eigenvalue weighted by atomic mass is 9.78. The summed E-state index contributed by atoms with van der Waals surface area (Å²) in [4.78, 5) is 35.7. The van der Waals surface area contributed by atoms with Crippen molar-refractivity contribution in [1.82, 2.24) is 41.8 Å². The Labute approximate surface area is 533 Å². The molecule has 43 heteroatoms. The molecule has 9 rings (SSSR count). The molecule has 0 bridgehead atoms. The van der Waals surface area contributed by atoms with Crippen LogP contribution in [0.1, 0.15) is 77.0 Å². The van der Waals surface area contributed by atoms with Gasteiger partial charge in [-0.2, -0.15) is 51.1 Å². The van der Waals surface area contributed by atoms with Gasteiger partial charge in [0.05, 0.1) is 47.2 Å². The second-order valence-electron chi connectivity index (χ2n) is 25.9. The fourth-order valence-corrected chi connectivity index (χ4v) is 22.9. The third-order valence-electron chi connectivity index (χ3n) is 19.3. The lowest BCUT2D eigenvalue weighted by Crippen LogP contribution is -2.65. The number of carbonyl (C=O) groups is 3. The van der Waals surface area contributed by atoms with E-state index in [1.807, 2.05) is 0 Å². The van der Waals surface area contributed by atoms with E-state index in [-0.39, 0.29) is 131 Å². The summed E-state index contributed by atoms with van der Waals surface area (Å²) >= 11 is 0. The lowest BCUT2D eigenvalue weighted by molar-refractivity contribution is -0.145. The number of carboxylic acids is 3. The zero-order chi connectivity index (χ0) is 67.3. The second kappa shape index (κ2) is 31.0. The van der Waals surface area contributed by atoms with E-state index in [2.05, 4.69) is 16.0 Å². The Kier molecular flexibility index (Phi) is 25.9. The normalized spacial score (nSPS) is 31.3. The minimum atomic E-state index is -4.15. The van der Waals surface area contributed by atoms with Crippen LogP contribution in [0.3, 0.4) is 0 Å². The molecular weight excluding hydrogens is 1310 g/mol. The van der Waals surface area contributed by atoms with Gasteiger partial charge < -0.3 is 83.4 Å². The van der Waals surface area contributed by atoms with E-state index in [9.17, 15) is 71.8 Å². The number of nitrogens with one attached hydrogen (secondary N) is 3. The Morgan fingerprint density at radius 1 is 0.505 bits per heavy atom. The van der Waals surface area contributed by atoms with Crippen LogP contribution in [-0.2, 0) is 69.4 Å². The van der Waals surface area contributed by atoms with E-state index < -0.39 is 155 Å². The highest BCUT2D eigenvalue weighted by Crippen LogP contribution is 2.39. The number of carboxylic acid groups (broad SMARTS) is 3. The maximum absolute atomic E-state index is 13.6. The van der Waals surface area contributed by atoms with Gasteiger partial charge in [0.15, 0.2) is 9.84 Å². The number of ether oxygens (including phenoxy) is 1. The summed E-state index contributed by atoms with van der Waals surface area (Å²) in [6.07, 6.45) is 5.02. The Balaban J connectivity index is 0.000000194. The van der Waals surface area contributed by atoms with Gasteiger partial charge in [-0.25, -0.2) is 16.8 Å². The van der Waals surface area contributed by atoms with Crippen molar-refractivity contribution >= 4 is 89.6 Å². The molecule has 91 heavy (non-hydrogen) atoms. The SMILES string of the molecule is N[C@@]1(C(=O)O)CN(S(=O)(=O)N(C2CCS(=O)(=O)CC2)C2CNC2)C[C@@H]1CCCB(O)O.N[C@@]1(C(=O)O)CN(S(=O)(=O)N(C2CNC2)C2CCS(=O)(=O)C2)C[C@@H]1CCCB(O)O.N[C@@]1(C(=O)O)CN(S(=O)(=O)N(CC2CCCCO2)C2CNC2)C[C@@H]1CCCB(O)O. The molecule has 0 aromatic rings. The first-order valence-corrected chi connectivity index (χ1v) is 38.8. The van der Waals surface area contributed by atoms with Crippen LogP contribution in [-0.4, -0.2) is 320 Å². The van der Waals surface area contributed by atoms with Gasteiger partial charge >= 0.3 is 39.3 Å². The zero-order valence-electron chi connectivity index (χ0n) is 51.0. The summed E-state index contributed by atoms with van der Waals surface area (Å²) in [6.45, 7) is 2.31. The minimum absolute atomic E-state index is 0.00513. The van der Waals surface area contributed by atoms with Gasteiger partial charge in [0.1, 0.15) is 26.5 Å². The molecule has 8 atom stereocenters. The highest BCUT2D eigenvalue weighted by molar-refractivity contribution is 7.92. The van der Waals surface area contributed by atoms with E-state index in [1.165, 1.54) is 17.2 Å². The monoisotopic (exact) mass is 1400 g/mol. The third kappa shape index (κ3) is 18.2. The summed E-state index contributed by atoms with van der Waals surface area (Å²) in [5.74, 6) is -6.37. The topological polar surface area (TPSA) is 547 Å². The minimum Gasteiger partial charge on any atom is -0.480 e. The predicted molar refractivity (Wildman–Crippen MR) is 331 cm³/mol. The second-order valence-corrected chi connectivity index (χ2v) is 35.9. The number of rotatable bonds is 28. The number of hydrogen-bond donors (Lipinski definition) is 15. The predicted octanol–water partition coefficient (Wildman–Crippen LogP) is -8.25. The number of nitrogens with zero attached hydrogens (tertiary/aromatic N) is 6. The molecule has 9 fully saturated rings. The first-order chi connectivity index (χ1) is 42.4. The van der Waals surface area contributed by atoms with Crippen molar-refractivity contribution < 1.29 is 107 Å². The smallest absolute Gasteiger partial charge is 0.451 e. The van der Waals surface area contributed by atoms with E-state index in [4.69, 9.17) is 52.1 Å². The number of nitrogens with two attached hydrogens (primary N) is 3. The summed E-state index contributed by atoms with van der Waals surface area (Å²) in [7, 11) is -23.2. The molecule has 35 nitrogen and oxygen atoms in total. The van der Waals surface area contributed by atoms with Gasteiger partial charge in [-0.1, -0.05) is 19.3 Å². The first kappa shape index (κ1) is 76.0. The fourth-order valence-electron chi connectivity index (χ4n) is 13.5. The molecule has 9 aliphatic rings. The molecule has 9 heterocycles. The van der Waals surface area contributed by atoms with Crippen LogP contribution in [0.5, 0.6) is 0 Å². The highest BCUT2D eigenvalue weighted by atomic mass is 32.2. The van der Waals surface area contributed by atoms with Crippen LogP contribution in [0.2, 0.25) is 19.0 Å². The maximum atomic E-state index is 13.6. The van der Waals surface area contributed by atoms with Crippen LogP contribution in [0.4, 0.5) is 0 Å². The Morgan fingerprint density at radius 2 is 0.857 bits per heavy atom. The van der Waals surface area contributed by atoms with Crippen molar-refractivity contribution in [1.29, 1.82) is 0 Å². The lowest BCUT2D eigenvalue weighted by Gasteiger charge is -2.44. The van der Waals surface area contributed by atoms with E-state index in [0.717, 1.165) is 27.9 Å². The highest BCUT2D eigenvalue weighted by Gasteiger charge is 2.58. The molecular formula is C48H93B3N12O23S5. The Bertz CT molecular complexity index is 3070. The summed E-state index contributed by atoms with van der Waals surface area (Å²) in [5.41, 5.74) is 13.1. The van der Waals surface area contributed by atoms with Crippen molar-refractivity contribution in [2.45, 2.75) is 149 Å². The largest absolute Gasteiger partial charge is 0.480 e. The molecule has 0 spiro atoms. The number of sulfone groups is 2. The molecule has 0 aliphatic carbocycles. The molecule has 0 amide bonds. The van der Waals surface area contributed by atoms with E-state index in [0.29, 0.717) is 65.1 Å². The van der Waals surface area contributed by atoms with Crippen molar-refractivity contribution in [2.75, 3.05) is 115 Å². The van der Waals surface area contributed by atoms with Crippen LogP contribution in [0.15, 0.2) is 0 Å². The van der Waals surface area contributed by atoms with Crippen LogP contribution in [0, 0.1) is 17.8 Å². The van der Waals surface area contributed by atoms with E-state index in [1.54, 1.807) is 0 Å². The van der Waals surface area contributed by atoms with Gasteiger partial charge in [0.25, 0.3) is 30.6 Å². The number of hydrogen-bond acceptors (Lipinski definition) is 26. The zero-order valence-corrected chi connectivity index (χ0v) is 55.0. The molecule has 9 aliphatic heterocycles. The number of aliphatic carboxylic acids is 3. The molecule has 0 radical (unpaired) electrons. The van der Waals surface area contributed by atoms with Gasteiger partial charge in [-0.3, -0.25) is 14.4 Å². The van der Waals surface area contributed by atoms with Gasteiger partial charge in [-0.05, 0) is 76.7 Å². The summed E-state index contributed by atoms with van der Waals surface area (Å²) < 4.78 is 142. The first-order valence-electron chi connectivity index (χ1n) is 31.0. The molecule has 9 saturated heterocycles. The summed E-state index contributed by atoms with van der Waals surface area (Å²) in [5, 5.41) is 92.4. The summed E-state index contributed by atoms with van der Waals surface area (Å²) in [6, 6.07) is -2.07. The average Bonchev–Trinajstić information content (AvgIpc) is 1.66. The average molecular weight is 1400 g/mol. The van der Waals surface area contributed by atoms with Crippen LogP contribution < -0.4 is 33.2 Å². The van der Waals surface area contributed by atoms with Crippen LogP contribution >= 0.6 is 0 Å².